The number of carbonyl (C=O) groups is 1. The summed E-state index contributed by atoms with van der Waals surface area (Å²) in [5, 5.41) is 4.65. The number of amidine groups is 1. The van der Waals surface area contributed by atoms with Crippen LogP contribution in [0.2, 0.25) is 0 Å². The van der Waals surface area contributed by atoms with Crippen LogP contribution >= 0.6 is 11.3 Å². The third-order valence-corrected chi connectivity index (χ3v) is 4.60. The van der Waals surface area contributed by atoms with E-state index in [2.05, 4.69) is 31.1 Å². The molecule has 0 aliphatic carbocycles. The molecule has 5 nitrogen and oxygen atoms in total. The van der Waals surface area contributed by atoms with Gasteiger partial charge >= 0.3 is 0 Å². The highest BCUT2D eigenvalue weighted by Crippen LogP contribution is 2.08. The number of nitrogens with zero attached hydrogens (tertiary/aromatic N) is 1. The Bertz CT molecular complexity index is 470. The summed E-state index contributed by atoms with van der Waals surface area (Å²) in [4.78, 5) is 18.9. The zero-order valence-electron chi connectivity index (χ0n) is 14.7. The normalized spacial score (nSPS) is 13.2. The topological polar surface area (TPSA) is 55.1 Å². The number of amides is 1. The average Bonchev–Trinajstić information content (AvgIpc) is 3.06. The second-order valence-electron chi connectivity index (χ2n) is 5.50. The highest BCUT2D eigenvalue weighted by molar-refractivity contribution is 7.12. The lowest BCUT2D eigenvalue weighted by Crippen LogP contribution is -3.11. The third kappa shape index (κ3) is 7.61. The fourth-order valence-corrected chi connectivity index (χ4v) is 2.94. The molecule has 0 radical (unpaired) electrons. The van der Waals surface area contributed by atoms with Crippen molar-refractivity contribution in [1.29, 1.82) is 0 Å². The minimum absolute atomic E-state index is 0.134. The van der Waals surface area contributed by atoms with Crippen molar-refractivity contribution in [3.05, 3.63) is 22.4 Å². The molecule has 1 amide bonds. The van der Waals surface area contributed by atoms with Crippen molar-refractivity contribution in [2.24, 2.45) is 4.99 Å². The third-order valence-electron chi connectivity index (χ3n) is 3.74. The molecule has 2 N–H and O–H groups in total. The molecule has 1 aromatic heterocycles. The average molecular weight is 341 g/mol. The predicted octanol–water partition coefficient (Wildman–Crippen LogP) is 1.96. The van der Waals surface area contributed by atoms with E-state index < -0.39 is 0 Å². The quantitative estimate of drug-likeness (QED) is 0.533. The van der Waals surface area contributed by atoms with Gasteiger partial charge in [0.15, 0.2) is 0 Å². The van der Waals surface area contributed by atoms with Gasteiger partial charge in [0.25, 0.3) is 11.9 Å². The van der Waals surface area contributed by atoms with E-state index in [1.165, 1.54) is 17.9 Å². The number of carbonyl (C=O) groups excluding carboxylic acids is 1. The molecule has 1 atom stereocenters. The molecule has 0 saturated carbocycles. The van der Waals surface area contributed by atoms with Crippen LogP contribution in [0.1, 0.15) is 50.2 Å². The molecule has 0 fully saturated rings. The van der Waals surface area contributed by atoms with E-state index >= 15 is 0 Å². The Kier molecular flexibility index (Phi) is 9.55. The maximum atomic E-state index is 12.1. The van der Waals surface area contributed by atoms with Crippen LogP contribution in [0.5, 0.6) is 0 Å². The van der Waals surface area contributed by atoms with E-state index in [4.69, 9.17) is 4.74 Å². The fourth-order valence-electron chi connectivity index (χ4n) is 2.32. The Hall–Kier alpha value is -1.40. The summed E-state index contributed by atoms with van der Waals surface area (Å²) in [5.74, 6) is -0.160. The molecule has 130 valence electrons. The SMILES string of the molecule is CCOC(=N[C@@H](C)CCC[NH+](CC)CC)NC(=O)c1cccs1. The molecule has 0 aromatic carbocycles. The van der Waals surface area contributed by atoms with E-state index in [1.807, 2.05) is 18.4 Å². The maximum absolute atomic E-state index is 12.1. The van der Waals surface area contributed by atoms with Crippen molar-refractivity contribution in [3.63, 3.8) is 0 Å². The number of rotatable bonds is 9. The number of thiophene rings is 1. The zero-order chi connectivity index (χ0) is 17.1. The summed E-state index contributed by atoms with van der Waals surface area (Å²) in [6, 6.07) is 4.11. The number of hydrogen-bond acceptors (Lipinski definition) is 4. The van der Waals surface area contributed by atoms with Crippen molar-refractivity contribution in [2.45, 2.75) is 46.6 Å². The van der Waals surface area contributed by atoms with E-state index in [1.54, 1.807) is 11.0 Å². The van der Waals surface area contributed by atoms with Crippen molar-refractivity contribution >= 4 is 23.3 Å². The van der Waals surface area contributed by atoms with Crippen LogP contribution in [0.4, 0.5) is 0 Å². The van der Waals surface area contributed by atoms with Crippen LogP contribution in [0.3, 0.4) is 0 Å². The Balaban J connectivity index is 2.50. The zero-order valence-corrected chi connectivity index (χ0v) is 15.5. The molecule has 0 saturated heterocycles. The Morgan fingerprint density at radius 1 is 1.39 bits per heavy atom. The van der Waals surface area contributed by atoms with Gasteiger partial charge in [0.1, 0.15) is 0 Å². The highest BCUT2D eigenvalue weighted by Gasteiger charge is 2.12. The number of quaternary nitrogens is 1. The molecular weight excluding hydrogens is 310 g/mol. The number of ether oxygens (including phenoxy) is 1. The predicted molar refractivity (Wildman–Crippen MR) is 96.5 cm³/mol. The fraction of sp³-hybridized carbons (Fsp3) is 0.647. The lowest BCUT2D eigenvalue weighted by molar-refractivity contribution is -0.896. The van der Waals surface area contributed by atoms with Crippen LogP contribution in [0.15, 0.2) is 22.5 Å². The van der Waals surface area contributed by atoms with Crippen LogP contribution in [0, 0.1) is 0 Å². The van der Waals surface area contributed by atoms with Gasteiger partial charge in [-0.3, -0.25) is 10.1 Å². The van der Waals surface area contributed by atoms with Gasteiger partial charge in [-0.15, -0.1) is 11.3 Å². The first-order valence-corrected chi connectivity index (χ1v) is 9.37. The first kappa shape index (κ1) is 19.6. The summed E-state index contributed by atoms with van der Waals surface area (Å²) in [7, 11) is 0. The molecule has 23 heavy (non-hydrogen) atoms. The summed E-state index contributed by atoms with van der Waals surface area (Å²) in [5.41, 5.74) is 0. The summed E-state index contributed by atoms with van der Waals surface area (Å²) in [6.45, 7) is 12.4. The molecule has 1 rings (SSSR count). The largest absolute Gasteiger partial charge is 0.465 e. The Morgan fingerprint density at radius 2 is 2.13 bits per heavy atom. The lowest BCUT2D eigenvalue weighted by atomic mass is 10.2. The van der Waals surface area contributed by atoms with E-state index in [0.717, 1.165) is 25.9 Å². The smallest absolute Gasteiger partial charge is 0.291 e. The molecule has 1 aromatic rings. The maximum Gasteiger partial charge on any atom is 0.291 e. The lowest BCUT2D eigenvalue weighted by Gasteiger charge is -2.16. The van der Waals surface area contributed by atoms with E-state index in [-0.39, 0.29) is 11.9 Å². The molecule has 0 bridgehead atoms. The first-order chi connectivity index (χ1) is 11.1. The molecule has 0 spiro atoms. The van der Waals surface area contributed by atoms with Crippen molar-refractivity contribution in [3.8, 4) is 0 Å². The highest BCUT2D eigenvalue weighted by atomic mass is 32.1. The van der Waals surface area contributed by atoms with Crippen LogP contribution in [-0.4, -0.2) is 44.2 Å². The van der Waals surface area contributed by atoms with Gasteiger partial charge in [0, 0.05) is 0 Å². The van der Waals surface area contributed by atoms with Gasteiger partial charge in [0.2, 0.25) is 0 Å². The van der Waals surface area contributed by atoms with Gasteiger partial charge in [-0.2, -0.15) is 0 Å². The number of hydrogen-bond donors (Lipinski definition) is 2. The van der Waals surface area contributed by atoms with Crippen LogP contribution < -0.4 is 10.2 Å². The molecular formula is C17H30N3O2S+. The summed E-state index contributed by atoms with van der Waals surface area (Å²) < 4.78 is 5.47. The van der Waals surface area contributed by atoms with Crippen LogP contribution in [0.25, 0.3) is 0 Å². The minimum Gasteiger partial charge on any atom is -0.465 e. The van der Waals surface area contributed by atoms with Crippen molar-refractivity contribution in [1.82, 2.24) is 5.32 Å². The van der Waals surface area contributed by atoms with E-state index in [9.17, 15) is 4.79 Å². The molecule has 1 heterocycles. The van der Waals surface area contributed by atoms with Crippen molar-refractivity contribution < 1.29 is 14.4 Å². The number of nitrogens with one attached hydrogen (secondary N) is 2. The van der Waals surface area contributed by atoms with Crippen molar-refractivity contribution in [2.75, 3.05) is 26.2 Å². The second-order valence-corrected chi connectivity index (χ2v) is 6.44. The van der Waals surface area contributed by atoms with Gasteiger partial charge < -0.3 is 9.64 Å². The molecule has 0 aliphatic rings. The summed E-state index contributed by atoms with van der Waals surface area (Å²) in [6.07, 6.45) is 2.12. The Morgan fingerprint density at radius 3 is 2.70 bits per heavy atom. The summed E-state index contributed by atoms with van der Waals surface area (Å²) >= 11 is 1.41. The first-order valence-electron chi connectivity index (χ1n) is 8.49. The number of aliphatic imine (C=N–C) groups is 1. The van der Waals surface area contributed by atoms with E-state index in [0.29, 0.717) is 17.5 Å². The second kappa shape index (κ2) is 11.2. The van der Waals surface area contributed by atoms with Gasteiger partial charge in [-0.05, 0) is 52.0 Å². The van der Waals surface area contributed by atoms with Gasteiger partial charge in [-0.25, -0.2) is 4.99 Å². The van der Waals surface area contributed by atoms with Gasteiger partial charge in [-0.1, -0.05) is 6.07 Å². The molecule has 6 heteroatoms. The van der Waals surface area contributed by atoms with Gasteiger partial charge in [0.05, 0.1) is 37.2 Å². The minimum atomic E-state index is -0.160. The standard InChI is InChI=1S/C17H29N3O2S/c1-5-20(6-2)12-8-10-14(4)18-17(22-7-3)19-16(21)15-11-9-13-23-15/h9,11,13-14H,5-8,10,12H2,1-4H3,(H,18,19,21)/p+1/t14-/m0/s1. The molecule has 0 aliphatic heterocycles. The molecule has 0 unspecified atom stereocenters. The Labute approximate surface area is 143 Å². The van der Waals surface area contributed by atoms with Crippen LogP contribution in [-0.2, 0) is 4.74 Å². The monoisotopic (exact) mass is 340 g/mol.